The van der Waals surface area contributed by atoms with Gasteiger partial charge in [0.15, 0.2) is 8.32 Å². The fraction of sp³-hybridized carbons (Fsp3) is 0.571. The van der Waals surface area contributed by atoms with Gasteiger partial charge in [-0.1, -0.05) is 26.8 Å². The first-order valence-electron chi connectivity index (χ1n) is 6.39. The Kier molecular flexibility index (Phi) is 5.56. The lowest BCUT2D eigenvalue weighted by Gasteiger charge is -2.36. The van der Waals surface area contributed by atoms with Gasteiger partial charge in [-0.2, -0.15) is 0 Å². The molecule has 0 saturated carbocycles. The number of thiocarbonyl (C=S) groups is 1. The maximum Gasteiger partial charge on any atom is 0.192 e. The smallest absolute Gasteiger partial charge is 0.192 e. The van der Waals surface area contributed by atoms with E-state index in [1.54, 1.807) is 12.4 Å². The minimum atomic E-state index is -1.77. The average Bonchev–Trinajstić information content (AvgIpc) is 2.34. The summed E-state index contributed by atoms with van der Waals surface area (Å²) >= 11 is 4.73. The Labute approximate surface area is 122 Å². The summed E-state index contributed by atoms with van der Waals surface area (Å²) in [6.45, 7) is 11.7. The van der Waals surface area contributed by atoms with Crippen molar-refractivity contribution in [3.63, 3.8) is 0 Å². The van der Waals surface area contributed by atoms with E-state index in [9.17, 15) is 0 Å². The number of rotatable bonds is 5. The molecule has 0 aliphatic carbocycles. The van der Waals surface area contributed by atoms with Crippen molar-refractivity contribution in [2.45, 2.75) is 44.9 Å². The predicted octanol–water partition coefficient (Wildman–Crippen LogP) is 4.25. The highest BCUT2D eigenvalue weighted by atomic mass is 32.1. The molecule has 0 N–H and O–H groups in total. The van der Waals surface area contributed by atoms with Crippen LogP contribution in [-0.2, 0) is 4.43 Å². The minimum absolute atomic E-state index is 0.111. The number of aliphatic imine (C=N–C) groups is 1. The second-order valence-corrected chi connectivity index (χ2v) is 11.1. The SMILES string of the molecule is CC(C)(C)[Si](C)(C)OCC(N=C=S)c1cccnc1. The van der Waals surface area contributed by atoms with Crippen molar-refractivity contribution in [2.24, 2.45) is 4.99 Å². The fourth-order valence-electron chi connectivity index (χ4n) is 1.35. The number of aromatic nitrogens is 1. The molecule has 0 fully saturated rings. The molecule has 0 aromatic carbocycles. The Hall–Kier alpha value is -0.873. The lowest BCUT2D eigenvalue weighted by Crippen LogP contribution is -2.41. The summed E-state index contributed by atoms with van der Waals surface area (Å²) in [4.78, 5) is 8.32. The van der Waals surface area contributed by atoms with Gasteiger partial charge in [-0.05, 0) is 42.0 Å². The first kappa shape index (κ1) is 16.2. The molecule has 0 radical (unpaired) electrons. The predicted molar refractivity (Wildman–Crippen MR) is 85.2 cm³/mol. The van der Waals surface area contributed by atoms with E-state index in [4.69, 9.17) is 16.6 Å². The molecule has 3 nitrogen and oxygen atoms in total. The van der Waals surface area contributed by atoms with Gasteiger partial charge in [0, 0.05) is 12.4 Å². The van der Waals surface area contributed by atoms with Crippen LogP contribution >= 0.6 is 12.2 Å². The maximum absolute atomic E-state index is 6.19. The lowest BCUT2D eigenvalue weighted by molar-refractivity contribution is 0.265. The largest absolute Gasteiger partial charge is 0.414 e. The minimum Gasteiger partial charge on any atom is -0.414 e. The van der Waals surface area contributed by atoms with E-state index >= 15 is 0 Å². The molecule has 0 saturated heterocycles. The van der Waals surface area contributed by atoms with Gasteiger partial charge in [0.1, 0.15) is 6.04 Å². The molecular formula is C14H22N2OSSi. The first-order chi connectivity index (χ1) is 8.78. The summed E-state index contributed by atoms with van der Waals surface area (Å²) in [5, 5.41) is 2.65. The molecule has 0 bridgehead atoms. The van der Waals surface area contributed by atoms with Gasteiger partial charge in [0.05, 0.1) is 11.8 Å². The van der Waals surface area contributed by atoms with Crippen molar-refractivity contribution in [3.8, 4) is 0 Å². The molecule has 1 rings (SSSR count). The molecule has 1 heterocycles. The van der Waals surface area contributed by atoms with Crippen LogP contribution in [0.15, 0.2) is 29.5 Å². The van der Waals surface area contributed by atoms with E-state index < -0.39 is 8.32 Å². The van der Waals surface area contributed by atoms with Crippen molar-refractivity contribution >= 4 is 25.7 Å². The Morgan fingerprint density at radius 2 is 2.16 bits per heavy atom. The van der Waals surface area contributed by atoms with Gasteiger partial charge >= 0.3 is 0 Å². The van der Waals surface area contributed by atoms with Crippen LogP contribution in [0.2, 0.25) is 18.1 Å². The third kappa shape index (κ3) is 4.62. The standard InChI is InChI=1S/C14H22N2OSSi/c1-14(2,3)19(4,5)17-10-13(16-11-18)12-7-6-8-15-9-12/h6-9,13H,10H2,1-5H3. The normalized spacial score (nSPS) is 13.7. The van der Waals surface area contributed by atoms with Crippen LogP contribution in [0.3, 0.4) is 0 Å². The van der Waals surface area contributed by atoms with Crippen LogP contribution in [0.5, 0.6) is 0 Å². The van der Waals surface area contributed by atoms with Crippen LogP contribution in [0.4, 0.5) is 0 Å². The molecule has 104 valence electrons. The van der Waals surface area contributed by atoms with Crippen LogP contribution in [0.25, 0.3) is 0 Å². The number of nitrogens with zero attached hydrogens (tertiary/aromatic N) is 2. The van der Waals surface area contributed by atoms with Crippen molar-refractivity contribution < 1.29 is 4.43 Å². The Bertz CT molecular complexity index is 450. The fourth-order valence-corrected chi connectivity index (χ4v) is 2.48. The van der Waals surface area contributed by atoms with E-state index in [-0.39, 0.29) is 11.1 Å². The van der Waals surface area contributed by atoms with Crippen molar-refractivity contribution in [3.05, 3.63) is 30.1 Å². The van der Waals surface area contributed by atoms with Gasteiger partial charge < -0.3 is 4.43 Å². The third-order valence-corrected chi connectivity index (χ3v) is 8.29. The Morgan fingerprint density at radius 3 is 2.63 bits per heavy atom. The first-order valence-corrected chi connectivity index (χ1v) is 9.70. The zero-order valence-electron chi connectivity index (χ0n) is 12.3. The molecule has 5 heteroatoms. The third-order valence-electron chi connectivity index (χ3n) is 3.69. The monoisotopic (exact) mass is 294 g/mol. The molecular weight excluding hydrogens is 272 g/mol. The van der Waals surface area contributed by atoms with Crippen molar-refractivity contribution in [1.82, 2.24) is 4.98 Å². The van der Waals surface area contributed by atoms with E-state index in [1.807, 2.05) is 12.1 Å². The number of pyridine rings is 1. The molecule has 0 spiro atoms. The highest BCUT2D eigenvalue weighted by Crippen LogP contribution is 2.37. The van der Waals surface area contributed by atoms with Crippen molar-refractivity contribution in [1.29, 1.82) is 0 Å². The summed E-state index contributed by atoms with van der Waals surface area (Å²) in [7, 11) is -1.77. The van der Waals surface area contributed by atoms with E-state index in [1.165, 1.54) is 0 Å². The van der Waals surface area contributed by atoms with E-state index in [0.717, 1.165) is 5.56 Å². The van der Waals surface area contributed by atoms with Crippen molar-refractivity contribution in [2.75, 3.05) is 6.61 Å². The summed E-state index contributed by atoms with van der Waals surface area (Å²) in [5.41, 5.74) is 1.01. The Morgan fingerprint density at radius 1 is 1.47 bits per heavy atom. The quantitative estimate of drug-likeness (QED) is 0.462. The average molecular weight is 294 g/mol. The maximum atomic E-state index is 6.19. The number of hydrogen-bond acceptors (Lipinski definition) is 4. The van der Waals surface area contributed by atoms with Gasteiger partial charge in [-0.3, -0.25) is 4.98 Å². The molecule has 19 heavy (non-hydrogen) atoms. The Balaban J connectivity index is 2.80. The molecule has 1 aromatic heterocycles. The van der Waals surface area contributed by atoms with Gasteiger partial charge in [0.25, 0.3) is 0 Å². The summed E-state index contributed by atoms with van der Waals surface area (Å²) < 4.78 is 6.19. The summed E-state index contributed by atoms with van der Waals surface area (Å²) in [6.07, 6.45) is 3.55. The van der Waals surface area contributed by atoms with E-state index in [2.05, 4.69) is 49.0 Å². The van der Waals surface area contributed by atoms with Crippen LogP contribution in [0, 0.1) is 0 Å². The molecule has 1 atom stereocenters. The second kappa shape index (κ2) is 6.53. The summed E-state index contributed by atoms with van der Waals surface area (Å²) in [6, 6.07) is 3.77. The highest BCUT2D eigenvalue weighted by molar-refractivity contribution is 7.78. The van der Waals surface area contributed by atoms with Crippen LogP contribution in [-0.4, -0.2) is 25.1 Å². The van der Waals surface area contributed by atoms with Gasteiger partial charge in [-0.15, -0.1) is 0 Å². The van der Waals surface area contributed by atoms with E-state index in [0.29, 0.717) is 6.61 Å². The van der Waals surface area contributed by atoms with Gasteiger partial charge in [-0.25, -0.2) is 4.99 Å². The van der Waals surface area contributed by atoms with Crippen LogP contribution < -0.4 is 0 Å². The lowest BCUT2D eigenvalue weighted by atomic mass is 10.1. The topological polar surface area (TPSA) is 34.5 Å². The molecule has 0 aliphatic rings. The van der Waals surface area contributed by atoms with Gasteiger partial charge in [0.2, 0.25) is 0 Å². The molecule has 1 aromatic rings. The molecule has 0 aliphatic heterocycles. The molecule has 0 amide bonds. The number of hydrogen-bond donors (Lipinski definition) is 0. The second-order valence-electron chi connectivity index (χ2n) is 6.09. The summed E-state index contributed by atoms with van der Waals surface area (Å²) in [5.74, 6) is 0. The zero-order valence-corrected chi connectivity index (χ0v) is 14.1. The highest BCUT2D eigenvalue weighted by Gasteiger charge is 2.37. The molecule has 1 unspecified atom stereocenters. The zero-order chi connectivity index (χ0) is 14.5. The van der Waals surface area contributed by atoms with Crippen LogP contribution in [0.1, 0.15) is 32.4 Å². The number of isothiocyanates is 1.